The molecule has 0 spiro atoms. The molecule has 6 nitrogen and oxygen atoms in total. The van der Waals surface area contributed by atoms with Crippen LogP contribution in [0.2, 0.25) is 0 Å². The van der Waals surface area contributed by atoms with E-state index in [-0.39, 0.29) is 5.97 Å². The van der Waals surface area contributed by atoms with Gasteiger partial charge in [0.1, 0.15) is 0 Å². The molecule has 2 heterocycles. The number of thioether (sulfide) groups is 1. The van der Waals surface area contributed by atoms with Gasteiger partial charge < -0.3 is 9.72 Å². The van der Waals surface area contributed by atoms with Crippen molar-refractivity contribution in [1.82, 2.24) is 10.4 Å². The molecule has 1 aromatic carbocycles. The van der Waals surface area contributed by atoms with Crippen molar-refractivity contribution < 1.29 is 9.53 Å². The zero-order valence-electron chi connectivity index (χ0n) is 15.3. The largest absolute Gasteiger partial charge is 0.462 e. The minimum absolute atomic E-state index is 0.323. The molecule has 2 aromatic rings. The third kappa shape index (κ3) is 3.67. The molecule has 136 valence electrons. The van der Waals surface area contributed by atoms with E-state index in [1.54, 1.807) is 18.7 Å². The second-order valence-electron chi connectivity index (χ2n) is 6.01. The fourth-order valence-corrected chi connectivity index (χ4v) is 3.66. The maximum absolute atomic E-state index is 12.3. The minimum atomic E-state index is -0.323. The molecule has 2 N–H and O–H groups in total. The Balaban J connectivity index is 1.88. The van der Waals surface area contributed by atoms with Crippen molar-refractivity contribution in [2.24, 2.45) is 10.1 Å². The molecular weight excluding hydrogens is 348 g/mol. The van der Waals surface area contributed by atoms with Gasteiger partial charge in [0.25, 0.3) is 0 Å². The summed E-state index contributed by atoms with van der Waals surface area (Å²) in [6.45, 7) is 7.98. The van der Waals surface area contributed by atoms with Gasteiger partial charge in [-0.25, -0.2) is 9.79 Å². The number of nitrogens with one attached hydrogen (secondary N) is 2. The van der Waals surface area contributed by atoms with Crippen molar-refractivity contribution in [3.05, 3.63) is 52.3 Å². The lowest BCUT2D eigenvalue weighted by atomic mass is 10.1. The van der Waals surface area contributed by atoms with Gasteiger partial charge >= 0.3 is 5.97 Å². The molecule has 0 atom stereocenters. The molecule has 0 radical (unpaired) electrons. The molecule has 0 amide bonds. The zero-order chi connectivity index (χ0) is 18.7. The molecule has 1 aliphatic rings. The monoisotopic (exact) mass is 370 g/mol. The number of esters is 1. The van der Waals surface area contributed by atoms with Gasteiger partial charge in [0.05, 0.1) is 23.6 Å². The Labute approximate surface area is 157 Å². The molecule has 0 bridgehead atoms. The van der Waals surface area contributed by atoms with Crippen LogP contribution in [-0.2, 0) is 4.74 Å². The highest BCUT2D eigenvalue weighted by Crippen LogP contribution is 2.25. The van der Waals surface area contributed by atoms with Gasteiger partial charge in [0.2, 0.25) is 0 Å². The molecule has 0 aliphatic carbocycles. The van der Waals surface area contributed by atoms with E-state index >= 15 is 0 Å². The Hall–Kier alpha value is -2.54. The third-order valence-corrected chi connectivity index (χ3v) is 4.99. The van der Waals surface area contributed by atoms with Crippen molar-refractivity contribution in [3.63, 3.8) is 0 Å². The predicted molar refractivity (Wildman–Crippen MR) is 107 cm³/mol. The number of aliphatic imine (C=N–C) groups is 1. The minimum Gasteiger partial charge on any atom is -0.462 e. The first-order valence-corrected chi connectivity index (χ1v) is 9.46. The lowest BCUT2D eigenvalue weighted by molar-refractivity contribution is 0.0525. The first kappa shape index (κ1) is 18.3. The molecule has 0 fully saturated rings. The van der Waals surface area contributed by atoms with E-state index in [9.17, 15) is 4.79 Å². The highest BCUT2D eigenvalue weighted by atomic mass is 32.2. The number of benzene rings is 1. The van der Waals surface area contributed by atoms with E-state index < -0.39 is 0 Å². The quantitative estimate of drug-likeness (QED) is 0.802. The van der Waals surface area contributed by atoms with Gasteiger partial charge in [-0.15, -0.1) is 0 Å². The average molecular weight is 370 g/mol. The lowest BCUT2D eigenvalue weighted by Crippen LogP contribution is -2.26. The lowest BCUT2D eigenvalue weighted by Gasteiger charge is -2.16. The highest BCUT2D eigenvalue weighted by molar-refractivity contribution is 8.14. The van der Waals surface area contributed by atoms with Crippen LogP contribution in [0, 0.1) is 20.8 Å². The molecule has 0 unspecified atom stereocenters. The maximum atomic E-state index is 12.3. The SMILES string of the molecule is CCOC(=O)c1c(C)[nH]c(C)c1C1=NNC(=Nc2ccccc2C)SC1. The van der Waals surface area contributed by atoms with Crippen LogP contribution >= 0.6 is 11.8 Å². The standard InChI is InChI=1S/C19H22N4O2S/c1-5-25-18(24)17-13(4)20-12(3)16(17)15-10-26-19(23-22-15)21-14-9-7-6-8-11(14)2/h6-9,20H,5,10H2,1-4H3,(H,21,23). The molecule has 1 aliphatic heterocycles. The summed E-state index contributed by atoms with van der Waals surface area (Å²) in [4.78, 5) is 20.2. The number of rotatable bonds is 4. The summed E-state index contributed by atoms with van der Waals surface area (Å²) in [6, 6.07) is 7.96. The van der Waals surface area contributed by atoms with Crippen molar-refractivity contribution in [2.75, 3.05) is 12.4 Å². The number of carbonyl (C=O) groups excluding carboxylic acids is 1. The van der Waals surface area contributed by atoms with Crippen molar-refractivity contribution in [3.8, 4) is 0 Å². The zero-order valence-corrected chi connectivity index (χ0v) is 16.2. The number of hydrogen-bond acceptors (Lipinski definition) is 5. The Bertz CT molecular complexity index is 899. The van der Waals surface area contributed by atoms with Crippen LogP contribution < -0.4 is 5.43 Å². The Kier molecular flexibility index (Phi) is 5.46. The van der Waals surface area contributed by atoms with E-state index in [1.165, 1.54) is 0 Å². The molecule has 0 saturated carbocycles. The van der Waals surface area contributed by atoms with Gasteiger partial charge in [0, 0.05) is 22.7 Å². The molecule has 3 rings (SSSR count). The van der Waals surface area contributed by atoms with Crippen molar-refractivity contribution in [2.45, 2.75) is 27.7 Å². The fourth-order valence-electron chi connectivity index (χ4n) is 2.90. The second-order valence-corrected chi connectivity index (χ2v) is 6.97. The fraction of sp³-hybridized carbons (Fsp3) is 0.316. The van der Waals surface area contributed by atoms with E-state index in [1.807, 2.05) is 45.0 Å². The molecule has 0 saturated heterocycles. The van der Waals surface area contributed by atoms with Crippen LogP contribution in [0.1, 0.15) is 39.8 Å². The predicted octanol–water partition coefficient (Wildman–Crippen LogP) is 3.84. The first-order chi connectivity index (χ1) is 12.5. The van der Waals surface area contributed by atoms with Gasteiger partial charge in [-0.3, -0.25) is 5.43 Å². The molecule has 26 heavy (non-hydrogen) atoms. The molecule has 1 aromatic heterocycles. The van der Waals surface area contributed by atoms with Gasteiger partial charge in [-0.1, -0.05) is 30.0 Å². The van der Waals surface area contributed by atoms with Crippen LogP contribution in [0.25, 0.3) is 0 Å². The topological polar surface area (TPSA) is 78.8 Å². The Morgan fingerprint density at radius 3 is 2.69 bits per heavy atom. The summed E-state index contributed by atoms with van der Waals surface area (Å²) >= 11 is 1.56. The Morgan fingerprint density at radius 2 is 2.04 bits per heavy atom. The molecular formula is C19H22N4O2S. The van der Waals surface area contributed by atoms with E-state index in [4.69, 9.17) is 4.74 Å². The average Bonchev–Trinajstić information content (AvgIpc) is 2.92. The van der Waals surface area contributed by atoms with E-state index in [0.29, 0.717) is 17.9 Å². The number of ether oxygens (including phenoxy) is 1. The summed E-state index contributed by atoms with van der Waals surface area (Å²) in [7, 11) is 0. The van der Waals surface area contributed by atoms with E-state index in [2.05, 4.69) is 20.5 Å². The summed E-state index contributed by atoms with van der Waals surface area (Å²) in [6.07, 6.45) is 0. The highest BCUT2D eigenvalue weighted by Gasteiger charge is 2.26. The number of amidine groups is 1. The number of nitrogens with zero attached hydrogens (tertiary/aromatic N) is 2. The number of H-pyrrole nitrogens is 1. The number of aromatic amines is 1. The summed E-state index contributed by atoms with van der Waals surface area (Å²) in [5.74, 6) is 0.304. The summed E-state index contributed by atoms with van der Waals surface area (Å²) in [5, 5.41) is 5.21. The maximum Gasteiger partial charge on any atom is 0.340 e. The van der Waals surface area contributed by atoms with Crippen LogP contribution in [0.15, 0.2) is 34.4 Å². The smallest absolute Gasteiger partial charge is 0.340 e. The van der Waals surface area contributed by atoms with Gasteiger partial charge in [-0.05, 0) is 39.3 Å². The van der Waals surface area contributed by atoms with Crippen molar-refractivity contribution >= 4 is 34.3 Å². The number of hydrogen-bond donors (Lipinski definition) is 2. The number of carbonyl (C=O) groups is 1. The normalized spacial score (nSPS) is 15.5. The number of aromatic nitrogens is 1. The number of para-hydroxylation sites is 1. The van der Waals surface area contributed by atoms with Crippen LogP contribution in [0.4, 0.5) is 5.69 Å². The van der Waals surface area contributed by atoms with Gasteiger partial charge in [0.15, 0.2) is 5.17 Å². The summed E-state index contributed by atoms with van der Waals surface area (Å²) in [5.41, 5.74) is 8.93. The van der Waals surface area contributed by atoms with Gasteiger partial charge in [-0.2, -0.15) is 5.10 Å². The van der Waals surface area contributed by atoms with Crippen molar-refractivity contribution in [1.29, 1.82) is 0 Å². The molecule has 7 heteroatoms. The first-order valence-electron chi connectivity index (χ1n) is 8.47. The van der Waals surface area contributed by atoms with E-state index in [0.717, 1.165) is 39.1 Å². The van der Waals surface area contributed by atoms with Crippen LogP contribution in [0.3, 0.4) is 0 Å². The third-order valence-electron chi connectivity index (χ3n) is 4.11. The summed E-state index contributed by atoms with van der Waals surface area (Å²) < 4.78 is 5.20. The van der Waals surface area contributed by atoms with Crippen LogP contribution in [-0.4, -0.2) is 34.2 Å². The van der Waals surface area contributed by atoms with Crippen LogP contribution in [0.5, 0.6) is 0 Å². The Morgan fingerprint density at radius 1 is 1.27 bits per heavy atom. The number of hydrazone groups is 1. The number of aryl methyl sites for hydroxylation is 3. The second kappa shape index (κ2) is 7.78.